The van der Waals surface area contributed by atoms with Crippen LogP contribution in [0.5, 0.6) is 0 Å². The molecule has 112 valence electrons. The van der Waals surface area contributed by atoms with E-state index < -0.39 is 35.3 Å². The highest BCUT2D eigenvalue weighted by Crippen LogP contribution is 2.29. The molecule has 1 unspecified atom stereocenters. The molecule has 1 atom stereocenters. The van der Waals surface area contributed by atoms with Crippen LogP contribution in [0.15, 0.2) is 18.5 Å². The smallest absolute Gasteiger partial charge is 0.296 e. The summed E-state index contributed by atoms with van der Waals surface area (Å²) in [6.45, 7) is 0. The topological polar surface area (TPSA) is 76.1 Å². The van der Waals surface area contributed by atoms with Crippen LogP contribution in [0, 0.1) is 5.92 Å². The molecule has 1 aromatic heterocycles. The molecule has 1 aliphatic rings. The Morgan fingerprint density at radius 1 is 1.33 bits per heavy atom. The Balaban J connectivity index is 2.10. The molecule has 2 rings (SSSR count). The van der Waals surface area contributed by atoms with E-state index in [1.165, 1.54) is 0 Å². The molecule has 8 heteroatoms. The standard InChI is InChI=1S/C13H11F3N2O3/c14-13(15,16)9-3-8(5-17-6-9)10(19)4-7-1-2-11(20)18-12(7)21/h3,5-7H,1-2,4H2,(H,18,20,21). The second kappa shape index (κ2) is 5.63. The minimum atomic E-state index is -4.59. The van der Waals surface area contributed by atoms with Gasteiger partial charge in [-0.1, -0.05) is 0 Å². The van der Waals surface area contributed by atoms with Crippen LogP contribution < -0.4 is 5.32 Å². The number of pyridine rings is 1. The third kappa shape index (κ3) is 3.65. The summed E-state index contributed by atoms with van der Waals surface area (Å²) in [5.74, 6) is -2.29. The lowest BCUT2D eigenvalue weighted by molar-refractivity contribution is -0.138. The largest absolute Gasteiger partial charge is 0.417 e. The van der Waals surface area contributed by atoms with E-state index in [0.29, 0.717) is 12.3 Å². The molecule has 0 radical (unpaired) electrons. The van der Waals surface area contributed by atoms with Gasteiger partial charge in [-0.15, -0.1) is 0 Å². The number of carbonyl (C=O) groups excluding carboxylic acids is 3. The lowest BCUT2D eigenvalue weighted by Gasteiger charge is -2.20. The summed E-state index contributed by atoms with van der Waals surface area (Å²) in [7, 11) is 0. The maximum Gasteiger partial charge on any atom is 0.417 e. The fraction of sp³-hybridized carbons (Fsp3) is 0.385. The summed E-state index contributed by atoms with van der Waals surface area (Å²) in [5, 5.41) is 2.10. The Labute approximate surface area is 117 Å². The van der Waals surface area contributed by atoms with Gasteiger partial charge in [0.2, 0.25) is 11.8 Å². The monoisotopic (exact) mass is 300 g/mol. The van der Waals surface area contributed by atoms with Crippen molar-refractivity contribution in [1.29, 1.82) is 0 Å². The number of halogens is 3. The van der Waals surface area contributed by atoms with E-state index >= 15 is 0 Å². The van der Waals surface area contributed by atoms with Crippen molar-refractivity contribution in [3.8, 4) is 0 Å². The van der Waals surface area contributed by atoms with Gasteiger partial charge in [-0.3, -0.25) is 24.7 Å². The van der Waals surface area contributed by atoms with Crippen molar-refractivity contribution in [3.63, 3.8) is 0 Å². The number of nitrogens with zero attached hydrogens (tertiary/aromatic N) is 1. The van der Waals surface area contributed by atoms with Gasteiger partial charge in [0, 0.05) is 36.7 Å². The van der Waals surface area contributed by atoms with Gasteiger partial charge in [-0.25, -0.2) is 0 Å². The lowest BCUT2D eigenvalue weighted by atomic mass is 9.91. The molecule has 1 saturated heterocycles. The highest BCUT2D eigenvalue weighted by molar-refractivity contribution is 6.03. The second-order valence-corrected chi connectivity index (χ2v) is 4.74. The molecule has 1 N–H and O–H groups in total. The summed E-state index contributed by atoms with van der Waals surface area (Å²) in [5.41, 5.74) is -1.22. The van der Waals surface area contributed by atoms with E-state index in [0.717, 1.165) is 6.20 Å². The Bertz CT molecular complexity index is 599. The van der Waals surface area contributed by atoms with Crippen molar-refractivity contribution in [1.82, 2.24) is 10.3 Å². The maximum atomic E-state index is 12.5. The zero-order valence-corrected chi connectivity index (χ0v) is 10.7. The third-order valence-electron chi connectivity index (χ3n) is 3.17. The molecule has 1 aliphatic heterocycles. The minimum absolute atomic E-state index is 0.116. The highest BCUT2D eigenvalue weighted by atomic mass is 19.4. The number of aromatic nitrogens is 1. The number of imide groups is 1. The zero-order chi connectivity index (χ0) is 15.6. The van der Waals surface area contributed by atoms with Gasteiger partial charge >= 0.3 is 6.18 Å². The summed E-state index contributed by atoms with van der Waals surface area (Å²) in [6.07, 6.45) is -2.85. The number of piperidine rings is 1. The fourth-order valence-electron chi connectivity index (χ4n) is 2.02. The number of alkyl halides is 3. The molecule has 2 amide bonds. The van der Waals surface area contributed by atoms with Crippen molar-refractivity contribution in [2.75, 3.05) is 0 Å². The quantitative estimate of drug-likeness (QED) is 0.681. The minimum Gasteiger partial charge on any atom is -0.296 e. The number of hydrogen-bond acceptors (Lipinski definition) is 4. The Kier molecular flexibility index (Phi) is 4.06. The van der Waals surface area contributed by atoms with E-state index in [1.807, 2.05) is 0 Å². The summed E-state index contributed by atoms with van der Waals surface area (Å²) in [4.78, 5) is 37.8. The lowest BCUT2D eigenvalue weighted by Crippen LogP contribution is -2.41. The summed E-state index contributed by atoms with van der Waals surface area (Å²) < 4.78 is 37.6. The normalized spacial score (nSPS) is 19.3. The van der Waals surface area contributed by atoms with Crippen LogP contribution in [0.25, 0.3) is 0 Å². The van der Waals surface area contributed by atoms with E-state index in [-0.39, 0.29) is 24.8 Å². The predicted molar refractivity (Wildman–Crippen MR) is 64.1 cm³/mol. The van der Waals surface area contributed by atoms with E-state index in [2.05, 4.69) is 10.3 Å². The SMILES string of the molecule is O=C1CCC(CC(=O)c2cncc(C(F)(F)F)c2)C(=O)N1. The first-order chi connectivity index (χ1) is 9.77. The number of rotatable bonds is 3. The number of amides is 2. The molecule has 0 bridgehead atoms. The third-order valence-corrected chi connectivity index (χ3v) is 3.17. The maximum absolute atomic E-state index is 12.5. The molecule has 1 aromatic rings. The zero-order valence-electron chi connectivity index (χ0n) is 10.7. The van der Waals surface area contributed by atoms with Crippen LogP contribution in [-0.2, 0) is 15.8 Å². The van der Waals surface area contributed by atoms with Crippen molar-refractivity contribution in [2.45, 2.75) is 25.4 Å². The molecule has 21 heavy (non-hydrogen) atoms. The van der Waals surface area contributed by atoms with E-state index in [9.17, 15) is 27.6 Å². The molecular formula is C13H11F3N2O3. The first-order valence-corrected chi connectivity index (χ1v) is 6.16. The van der Waals surface area contributed by atoms with Crippen molar-refractivity contribution < 1.29 is 27.6 Å². The molecule has 0 aliphatic carbocycles. The Hall–Kier alpha value is -2.25. The first-order valence-electron chi connectivity index (χ1n) is 6.16. The molecular weight excluding hydrogens is 289 g/mol. The predicted octanol–water partition coefficient (Wildman–Crippen LogP) is 1.73. The van der Waals surface area contributed by atoms with Gasteiger partial charge in [0.25, 0.3) is 0 Å². The van der Waals surface area contributed by atoms with Gasteiger partial charge in [-0.05, 0) is 12.5 Å². The Morgan fingerprint density at radius 3 is 2.67 bits per heavy atom. The van der Waals surface area contributed by atoms with Crippen LogP contribution in [-0.4, -0.2) is 22.6 Å². The molecule has 0 spiro atoms. The van der Waals surface area contributed by atoms with Crippen LogP contribution >= 0.6 is 0 Å². The molecule has 0 saturated carbocycles. The molecule has 0 aromatic carbocycles. The van der Waals surface area contributed by atoms with Crippen molar-refractivity contribution >= 4 is 17.6 Å². The van der Waals surface area contributed by atoms with Crippen molar-refractivity contribution in [2.24, 2.45) is 5.92 Å². The fourth-order valence-corrected chi connectivity index (χ4v) is 2.02. The van der Waals surface area contributed by atoms with Gasteiger partial charge in [-0.2, -0.15) is 13.2 Å². The molecule has 2 heterocycles. The highest BCUT2D eigenvalue weighted by Gasteiger charge is 2.33. The summed E-state index contributed by atoms with van der Waals surface area (Å²) >= 11 is 0. The van der Waals surface area contributed by atoms with Crippen LogP contribution in [0.3, 0.4) is 0 Å². The van der Waals surface area contributed by atoms with Gasteiger partial charge in [0.05, 0.1) is 5.56 Å². The van der Waals surface area contributed by atoms with Gasteiger partial charge in [0.1, 0.15) is 0 Å². The van der Waals surface area contributed by atoms with E-state index in [4.69, 9.17) is 0 Å². The van der Waals surface area contributed by atoms with Gasteiger partial charge in [0.15, 0.2) is 5.78 Å². The second-order valence-electron chi connectivity index (χ2n) is 4.74. The van der Waals surface area contributed by atoms with Crippen molar-refractivity contribution in [3.05, 3.63) is 29.6 Å². The number of hydrogen-bond donors (Lipinski definition) is 1. The molecule has 1 fully saturated rings. The number of carbonyl (C=O) groups is 3. The van der Waals surface area contributed by atoms with Crippen LogP contribution in [0.4, 0.5) is 13.2 Å². The van der Waals surface area contributed by atoms with Crippen LogP contribution in [0.1, 0.15) is 35.2 Å². The number of Topliss-reactive ketones (excluding diaryl/α,β-unsaturated/α-hetero) is 1. The average molecular weight is 300 g/mol. The Morgan fingerprint density at radius 2 is 2.05 bits per heavy atom. The summed E-state index contributed by atoms with van der Waals surface area (Å²) in [6, 6.07) is 0.710. The molecule has 5 nitrogen and oxygen atoms in total. The number of nitrogens with one attached hydrogen (secondary N) is 1. The first kappa shape index (κ1) is 15.1. The van der Waals surface area contributed by atoms with E-state index in [1.54, 1.807) is 0 Å². The van der Waals surface area contributed by atoms with Gasteiger partial charge < -0.3 is 0 Å². The van der Waals surface area contributed by atoms with Crippen LogP contribution in [0.2, 0.25) is 0 Å². The number of ketones is 1. The average Bonchev–Trinajstić information content (AvgIpc) is 2.41.